The predicted octanol–water partition coefficient (Wildman–Crippen LogP) is 0.244. The minimum Gasteiger partial charge on any atom is -0.369 e. The van der Waals surface area contributed by atoms with Crippen molar-refractivity contribution in [3.8, 4) is 5.69 Å². The highest BCUT2D eigenvalue weighted by Gasteiger charge is 1.99. The van der Waals surface area contributed by atoms with Crippen LogP contribution < -0.4 is 5.73 Å². The van der Waals surface area contributed by atoms with E-state index in [1.165, 1.54) is 6.33 Å². The van der Waals surface area contributed by atoms with Crippen LogP contribution >= 0.6 is 0 Å². The maximum Gasteiger partial charge on any atom is 0.204 e. The molecular formula is C7H7N5. The smallest absolute Gasteiger partial charge is 0.204 e. The third-order valence-corrected chi connectivity index (χ3v) is 1.49. The molecule has 2 aromatic rings. The summed E-state index contributed by atoms with van der Waals surface area (Å²) >= 11 is 0. The van der Waals surface area contributed by atoms with Gasteiger partial charge in [0.05, 0.1) is 18.1 Å². The van der Waals surface area contributed by atoms with Crippen LogP contribution in [0.2, 0.25) is 0 Å². The van der Waals surface area contributed by atoms with Crippen molar-refractivity contribution in [1.82, 2.24) is 19.5 Å². The van der Waals surface area contributed by atoms with Crippen molar-refractivity contribution >= 4 is 5.95 Å². The number of nitrogen functional groups attached to an aromatic ring is 1. The van der Waals surface area contributed by atoms with E-state index in [1.807, 2.05) is 0 Å². The van der Waals surface area contributed by atoms with Crippen LogP contribution in [0.1, 0.15) is 0 Å². The molecule has 0 fully saturated rings. The highest BCUT2D eigenvalue weighted by molar-refractivity contribution is 5.34. The summed E-state index contributed by atoms with van der Waals surface area (Å²) in [6, 6.07) is 0. The first-order valence-corrected chi connectivity index (χ1v) is 3.42. The van der Waals surface area contributed by atoms with Crippen molar-refractivity contribution < 1.29 is 0 Å². The zero-order valence-electron chi connectivity index (χ0n) is 6.25. The number of aromatic nitrogens is 4. The van der Waals surface area contributed by atoms with Crippen LogP contribution in [0.3, 0.4) is 0 Å². The fourth-order valence-corrected chi connectivity index (χ4v) is 0.949. The Morgan fingerprint density at radius 1 is 1.25 bits per heavy atom. The minimum absolute atomic E-state index is 0.435. The van der Waals surface area contributed by atoms with Crippen molar-refractivity contribution in [3.05, 3.63) is 31.1 Å². The van der Waals surface area contributed by atoms with E-state index >= 15 is 0 Å². The summed E-state index contributed by atoms with van der Waals surface area (Å²) in [5, 5.41) is 0. The lowest BCUT2D eigenvalue weighted by Gasteiger charge is -2.00. The van der Waals surface area contributed by atoms with Gasteiger partial charge in [0.25, 0.3) is 0 Å². The van der Waals surface area contributed by atoms with Crippen LogP contribution in [0, 0.1) is 0 Å². The number of hydrogen-bond acceptors (Lipinski definition) is 4. The second-order valence-electron chi connectivity index (χ2n) is 2.25. The zero-order chi connectivity index (χ0) is 8.39. The largest absolute Gasteiger partial charge is 0.369 e. The molecule has 2 N–H and O–H groups in total. The Bertz CT molecular complexity index is 366. The van der Waals surface area contributed by atoms with Gasteiger partial charge >= 0.3 is 0 Å². The molecule has 5 nitrogen and oxygen atoms in total. The maximum atomic E-state index is 5.57. The maximum absolute atomic E-state index is 5.57. The Balaban J connectivity index is 2.51. The second-order valence-corrected chi connectivity index (χ2v) is 2.25. The minimum atomic E-state index is 0.435. The second kappa shape index (κ2) is 2.61. The zero-order valence-corrected chi connectivity index (χ0v) is 6.25. The van der Waals surface area contributed by atoms with E-state index in [2.05, 4.69) is 15.0 Å². The van der Waals surface area contributed by atoms with Gasteiger partial charge < -0.3 is 5.73 Å². The molecule has 0 aliphatic carbocycles. The number of rotatable bonds is 1. The fraction of sp³-hybridized carbons (Fsp3) is 0. The van der Waals surface area contributed by atoms with Gasteiger partial charge in [0, 0.05) is 12.4 Å². The lowest BCUT2D eigenvalue weighted by Crippen LogP contribution is -2.00. The Labute approximate surface area is 68.9 Å². The Hall–Kier alpha value is -1.91. The Morgan fingerprint density at radius 3 is 2.58 bits per heavy atom. The highest BCUT2D eigenvalue weighted by atomic mass is 15.1. The quantitative estimate of drug-likeness (QED) is 0.650. The predicted molar refractivity (Wildman–Crippen MR) is 43.6 cm³/mol. The molecule has 0 bridgehead atoms. The number of hydrogen-bond donors (Lipinski definition) is 1. The van der Waals surface area contributed by atoms with Crippen molar-refractivity contribution in [3.63, 3.8) is 0 Å². The van der Waals surface area contributed by atoms with E-state index in [1.54, 1.807) is 29.4 Å². The van der Waals surface area contributed by atoms with Crippen LogP contribution in [-0.4, -0.2) is 19.5 Å². The van der Waals surface area contributed by atoms with Crippen LogP contribution in [0.25, 0.3) is 5.69 Å². The van der Waals surface area contributed by atoms with Gasteiger partial charge in [-0.05, 0) is 0 Å². The molecule has 2 rings (SSSR count). The molecule has 2 heterocycles. The summed E-state index contributed by atoms with van der Waals surface area (Å²) < 4.78 is 1.71. The molecule has 12 heavy (non-hydrogen) atoms. The molecule has 5 heteroatoms. The van der Waals surface area contributed by atoms with E-state index < -0.39 is 0 Å². The normalized spacial score (nSPS) is 10.0. The molecule has 0 aliphatic heterocycles. The number of nitrogens with two attached hydrogens (primary N) is 1. The van der Waals surface area contributed by atoms with E-state index in [9.17, 15) is 0 Å². The first kappa shape index (κ1) is 6.78. The lowest BCUT2D eigenvalue weighted by atomic mass is 10.5. The topological polar surface area (TPSA) is 69.6 Å². The van der Waals surface area contributed by atoms with E-state index in [0.717, 1.165) is 5.69 Å². The Kier molecular flexibility index (Phi) is 1.48. The van der Waals surface area contributed by atoms with Crippen molar-refractivity contribution in [2.45, 2.75) is 0 Å². The molecule has 0 unspecified atom stereocenters. The molecule has 0 radical (unpaired) electrons. The van der Waals surface area contributed by atoms with Gasteiger partial charge in [-0.15, -0.1) is 0 Å². The first-order chi connectivity index (χ1) is 5.88. The van der Waals surface area contributed by atoms with Crippen molar-refractivity contribution in [2.75, 3.05) is 5.73 Å². The first-order valence-electron chi connectivity index (χ1n) is 3.42. The van der Waals surface area contributed by atoms with Crippen LogP contribution in [0.15, 0.2) is 31.1 Å². The van der Waals surface area contributed by atoms with Crippen LogP contribution in [0.4, 0.5) is 5.95 Å². The third kappa shape index (κ3) is 1.01. The summed E-state index contributed by atoms with van der Waals surface area (Å²) in [6.45, 7) is 0. The van der Waals surface area contributed by atoms with Crippen molar-refractivity contribution in [1.29, 1.82) is 0 Å². The van der Waals surface area contributed by atoms with E-state index in [0.29, 0.717) is 5.95 Å². The summed E-state index contributed by atoms with van der Waals surface area (Å²) in [6.07, 6.45) is 8.20. The van der Waals surface area contributed by atoms with E-state index in [4.69, 9.17) is 5.73 Å². The molecule has 0 spiro atoms. The molecule has 0 saturated carbocycles. The molecule has 0 aliphatic rings. The van der Waals surface area contributed by atoms with Crippen LogP contribution in [-0.2, 0) is 0 Å². The highest BCUT2D eigenvalue weighted by Crippen LogP contribution is 2.07. The third-order valence-electron chi connectivity index (χ3n) is 1.49. The standard InChI is InChI=1S/C7H7N5/c8-7-11-1-2-12(7)6-3-9-5-10-4-6/h1-5H,(H2,8,11). The summed E-state index contributed by atoms with van der Waals surface area (Å²) in [5.74, 6) is 0.435. The molecule has 0 atom stereocenters. The van der Waals surface area contributed by atoms with E-state index in [-0.39, 0.29) is 0 Å². The summed E-state index contributed by atoms with van der Waals surface area (Å²) in [4.78, 5) is 11.6. The average Bonchev–Trinajstić information content (AvgIpc) is 2.53. The van der Waals surface area contributed by atoms with Gasteiger partial charge in [0.2, 0.25) is 5.95 Å². The number of nitrogens with zero attached hydrogens (tertiary/aromatic N) is 4. The van der Waals surface area contributed by atoms with Gasteiger partial charge in [-0.25, -0.2) is 15.0 Å². The van der Waals surface area contributed by atoms with Crippen molar-refractivity contribution in [2.24, 2.45) is 0 Å². The summed E-state index contributed by atoms with van der Waals surface area (Å²) in [7, 11) is 0. The molecule has 0 amide bonds. The van der Waals surface area contributed by atoms with Gasteiger partial charge in [0.15, 0.2) is 0 Å². The number of imidazole rings is 1. The molecule has 2 aromatic heterocycles. The SMILES string of the molecule is Nc1nccn1-c1cncnc1. The van der Waals surface area contributed by atoms with Gasteiger partial charge in [-0.3, -0.25) is 4.57 Å². The molecule has 0 aromatic carbocycles. The Morgan fingerprint density at radius 2 is 2.00 bits per heavy atom. The molecular weight excluding hydrogens is 154 g/mol. The molecule has 60 valence electrons. The lowest BCUT2D eigenvalue weighted by molar-refractivity contribution is 1.02. The van der Waals surface area contributed by atoms with Gasteiger partial charge in [0.1, 0.15) is 6.33 Å². The summed E-state index contributed by atoms with van der Waals surface area (Å²) in [5.41, 5.74) is 6.38. The monoisotopic (exact) mass is 161 g/mol. The van der Waals surface area contributed by atoms with Gasteiger partial charge in [-0.1, -0.05) is 0 Å². The molecule has 0 saturated heterocycles. The number of anilines is 1. The fourth-order valence-electron chi connectivity index (χ4n) is 0.949. The average molecular weight is 161 g/mol. The van der Waals surface area contributed by atoms with Crippen LogP contribution in [0.5, 0.6) is 0 Å². The van der Waals surface area contributed by atoms with Gasteiger partial charge in [-0.2, -0.15) is 0 Å².